The van der Waals surface area contributed by atoms with Gasteiger partial charge in [-0.1, -0.05) is 6.07 Å². The summed E-state index contributed by atoms with van der Waals surface area (Å²) in [6.07, 6.45) is 3.68. The molecule has 0 radical (unpaired) electrons. The van der Waals surface area contributed by atoms with Crippen LogP contribution in [0.3, 0.4) is 0 Å². The van der Waals surface area contributed by atoms with Gasteiger partial charge in [0.15, 0.2) is 5.96 Å². The minimum absolute atomic E-state index is 0.167. The van der Waals surface area contributed by atoms with Crippen molar-refractivity contribution in [1.82, 2.24) is 16.0 Å². The van der Waals surface area contributed by atoms with Crippen molar-refractivity contribution in [3.63, 3.8) is 0 Å². The highest BCUT2D eigenvalue weighted by molar-refractivity contribution is 7.09. The van der Waals surface area contributed by atoms with Crippen LogP contribution < -0.4 is 16.0 Å². The number of thiophene rings is 1. The average Bonchev–Trinajstić information content (AvgIpc) is 3.12. The second kappa shape index (κ2) is 8.67. The predicted octanol–water partition coefficient (Wildman–Crippen LogP) is 1.86. The molecule has 0 saturated heterocycles. The summed E-state index contributed by atoms with van der Waals surface area (Å²) in [7, 11) is 0. The van der Waals surface area contributed by atoms with Gasteiger partial charge in [0, 0.05) is 30.4 Å². The van der Waals surface area contributed by atoms with E-state index < -0.39 is 0 Å². The number of carbonyl (C=O) groups excluding carboxylic acids is 1. The summed E-state index contributed by atoms with van der Waals surface area (Å²) in [5.74, 6) is 0.980. The molecule has 1 aromatic heterocycles. The quantitative estimate of drug-likeness (QED) is 0.390. The second-order valence-corrected chi connectivity index (χ2v) is 6.18. The molecule has 116 valence electrons. The summed E-state index contributed by atoms with van der Waals surface area (Å²) in [6, 6.07) is 4.57. The molecule has 1 amide bonds. The first-order chi connectivity index (χ1) is 10.3. The fraction of sp³-hybridized carbons (Fsp3) is 0.600. The largest absolute Gasteiger partial charge is 0.357 e. The van der Waals surface area contributed by atoms with E-state index in [1.54, 1.807) is 11.3 Å². The van der Waals surface area contributed by atoms with Crippen LogP contribution in [0, 0.1) is 0 Å². The summed E-state index contributed by atoms with van der Waals surface area (Å²) in [5, 5.41) is 11.5. The van der Waals surface area contributed by atoms with Crippen molar-refractivity contribution >= 4 is 23.2 Å². The Morgan fingerprint density at radius 1 is 1.43 bits per heavy atom. The number of hydrogen-bond acceptors (Lipinski definition) is 3. The SMILES string of the molecule is CCNC(=NCc1cccs1)NCCCC(=O)NC1CC1. The minimum atomic E-state index is 0.167. The van der Waals surface area contributed by atoms with Crippen molar-refractivity contribution in [2.24, 2.45) is 4.99 Å². The van der Waals surface area contributed by atoms with Crippen molar-refractivity contribution in [3.05, 3.63) is 22.4 Å². The van der Waals surface area contributed by atoms with Gasteiger partial charge in [0.05, 0.1) is 6.54 Å². The molecule has 0 atom stereocenters. The molecule has 0 unspecified atom stereocenters. The summed E-state index contributed by atoms with van der Waals surface area (Å²) < 4.78 is 0. The lowest BCUT2D eigenvalue weighted by Gasteiger charge is -2.11. The lowest BCUT2D eigenvalue weighted by molar-refractivity contribution is -0.121. The monoisotopic (exact) mass is 308 g/mol. The smallest absolute Gasteiger partial charge is 0.220 e. The maximum atomic E-state index is 11.6. The number of nitrogens with one attached hydrogen (secondary N) is 3. The van der Waals surface area contributed by atoms with E-state index in [1.165, 1.54) is 4.88 Å². The van der Waals surface area contributed by atoms with Crippen LogP contribution in [-0.4, -0.2) is 31.0 Å². The molecule has 0 spiro atoms. The van der Waals surface area contributed by atoms with Crippen molar-refractivity contribution in [2.45, 2.75) is 45.2 Å². The lowest BCUT2D eigenvalue weighted by Crippen LogP contribution is -2.38. The number of carbonyl (C=O) groups is 1. The van der Waals surface area contributed by atoms with Gasteiger partial charge in [-0.05, 0) is 37.6 Å². The number of aliphatic imine (C=N–C) groups is 1. The first-order valence-electron chi connectivity index (χ1n) is 7.62. The van der Waals surface area contributed by atoms with Crippen LogP contribution in [0.15, 0.2) is 22.5 Å². The van der Waals surface area contributed by atoms with Gasteiger partial charge < -0.3 is 16.0 Å². The van der Waals surface area contributed by atoms with Crippen molar-refractivity contribution < 1.29 is 4.79 Å². The number of amides is 1. The molecule has 0 aliphatic heterocycles. The van der Waals surface area contributed by atoms with Crippen molar-refractivity contribution in [1.29, 1.82) is 0 Å². The topological polar surface area (TPSA) is 65.5 Å². The molecule has 6 heteroatoms. The molecule has 1 aliphatic rings. The van der Waals surface area contributed by atoms with Gasteiger partial charge in [0.2, 0.25) is 5.91 Å². The maximum absolute atomic E-state index is 11.6. The Bertz CT molecular complexity index is 454. The predicted molar refractivity (Wildman–Crippen MR) is 87.5 cm³/mol. The molecular formula is C15H24N4OS. The van der Waals surface area contributed by atoms with Gasteiger partial charge in [-0.3, -0.25) is 4.79 Å². The highest BCUT2D eigenvalue weighted by Crippen LogP contribution is 2.18. The molecule has 2 rings (SSSR count). The van der Waals surface area contributed by atoms with Gasteiger partial charge in [-0.15, -0.1) is 11.3 Å². The zero-order valence-electron chi connectivity index (χ0n) is 12.5. The van der Waals surface area contributed by atoms with E-state index in [1.807, 2.05) is 13.0 Å². The minimum Gasteiger partial charge on any atom is -0.357 e. The Morgan fingerprint density at radius 2 is 2.29 bits per heavy atom. The Morgan fingerprint density at radius 3 is 2.95 bits per heavy atom. The molecule has 0 bridgehead atoms. The van der Waals surface area contributed by atoms with Gasteiger partial charge in [-0.2, -0.15) is 0 Å². The zero-order valence-corrected chi connectivity index (χ0v) is 13.3. The number of nitrogens with zero attached hydrogens (tertiary/aromatic N) is 1. The normalized spacial score (nSPS) is 14.8. The molecule has 1 saturated carbocycles. The maximum Gasteiger partial charge on any atom is 0.220 e. The van der Waals surface area contributed by atoms with Crippen LogP contribution in [0.1, 0.15) is 37.5 Å². The van der Waals surface area contributed by atoms with Gasteiger partial charge >= 0.3 is 0 Å². The molecule has 1 fully saturated rings. The van der Waals surface area contributed by atoms with Crippen LogP contribution >= 0.6 is 11.3 Å². The van der Waals surface area contributed by atoms with E-state index in [2.05, 4.69) is 32.4 Å². The van der Waals surface area contributed by atoms with E-state index in [-0.39, 0.29) is 5.91 Å². The first-order valence-corrected chi connectivity index (χ1v) is 8.50. The molecule has 1 aliphatic carbocycles. The third kappa shape index (κ3) is 6.62. The fourth-order valence-corrected chi connectivity index (χ4v) is 2.51. The second-order valence-electron chi connectivity index (χ2n) is 5.15. The molecule has 3 N–H and O–H groups in total. The highest BCUT2D eigenvalue weighted by atomic mass is 32.1. The average molecular weight is 308 g/mol. The van der Waals surface area contributed by atoms with E-state index >= 15 is 0 Å². The van der Waals surface area contributed by atoms with Crippen LogP contribution in [-0.2, 0) is 11.3 Å². The van der Waals surface area contributed by atoms with Gasteiger partial charge in [0.25, 0.3) is 0 Å². The number of hydrogen-bond donors (Lipinski definition) is 3. The zero-order chi connectivity index (χ0) is 14.9. The molecule has 21 heavy (non-hydrogen) atoms. The van der Waals surface area contributed by atoms with Gasteiger partial charge in [-0.25, -0.2) is 4.99 Å². The number of guanidine groups is 1. The summed E-state index contributed by atoms with van der Waals surface area (Å²) in [6.45, 7) is 4.33. The van der Waals surface area contributed by atoms with E-state index in [0.29, 0.717) is 19.0 Å². The Kier molecular flexibility index (Phi) is 6.53. The lowest BCUT2D eigenvalue weighted by atomic mass is 10.3. The van der Waals surface area contributed by atoms with Crippen molar-refractivity contribution in [2.75, 3.05) is 13.1 Å². The van der Waals surface area contributed by atoms with Crippen LogP contribution in [0.25, 0.3) is 0 Å². The van der Waals surface area contributed by atoms with Gasteiger partial charge in [0.1, 0.15) is 0 Å². The summed E-state index contributed by atoms with van der Waals surface area (Å²) in [5.41, 5.74) is 0. The molecule has 5 nitrogen and oxygen atoms in total. The molecule has 1 aromatic rings. The molecule has 1 heterocycles. The summed E-state index contributed by atoms with van der Waals surface area (Å²) in [4.78, 5) is 17.3. The third-order valence-electron chi connectivity index (χ3n) is 3.13. The van der Waals surface area contributed by atoms with Crippen molar-refractivity contribution in [3.8, 4) is 0 Å². The van der Waals surface area contributed by atoms with Crippen LogP contribution in [0.4, 0.5) is 0 Å². The standard InChI is InChI=1S/C15H24N4OS/c1-2-16-15(18-11-13-5-4-10-21-13)17-9-3-6-14(20)19-12-7-8-12/h4-5,10,12H,2-3,6-9,11H2,1H3,(H,19,20)(H2,16,17,18). The Balaban J connectivity index is 1.64. The Hall–Kier alpha value is -1.56. The Labute approximate surface area is 130 Å². The summed E-state index contributed by atoms with van der Waals surface area (Å²) >= 11 is 1.71. The molecule has 0 aromatic carbocycles. The van der Waals surface area contributed by atoms with Crippen LogP contribution in [0.5, 0.6) is 0 Å². The van der Waals surface area contributed by atoms with E-state index in [9.17, 15) is 4.79 Å². The van der Waals surface area contributed by atoms with Crippen LogP contribution in [0.2, 0.25) is 0 Å². The fourth-order valence-electron chi connectivity index (χ4n) is 1.88. The molecular weight excluding hydrogens is 284 g/mol. The number of rotatable bonds is 8. The van der Waals surface area contributed by atoms with E-state index in [0.717, 1.165) is 38.3 Å². The highest BCUT2D eigenvalue weighted by Gasteiger charge is 2.22. The van der Waals surface area contributed by atoms with E-state index in [4.69, 9.17) is 0 Å². The first kappa shape index (κ1) is 15.8. The third-order valence-corrected chi connectivity index (χ3v) is 3.99.